The third-order valence-corrected chi connectivity index (χ3v) is 12.4. The maximum absolute atomic E-state index is 14.8. The first-order valence-corrected chi connectivity index (χ1v) is 16.8. The van der Waals surface area contributed by atoms with E-state index < -0.39 is 132 Å². The highest BCUT2D eigenvalue weighted by Crippen LogP contribution is 2.72. The summed E-state index contributed by atoms with van der Waals surface area (Å²) in [6.45, 7) is 7.61. The first-order valence-electron chi connectivity index (χ1n) is 16.8. The summed E-state index contributed by atoms with van der Waals surface area (Å²) in [5, 5.41) is 64.8. The van der Waals surface area contributed by atoms with E-state index >= 15 is 0 Å². The zero-order valence-electron chi connectivity index (χ0n) is 28.6. The molecule has 0 amide bonds. The molecule has 6 rings (SSSR count). The van der Waals surface area contributed by atoms with Crippen LogP contribution in [0.2, 0.25) is 0 Å². The summed E-state index contributed by atoms with van der Waals surface area (Å²) in [5.74, 6) is -7.99. The lowest BCUT2D eigenvalue weighted by Gasteiger charge is -2.67. The molecule has 16 atom stereocenters. The molecule has 16 heteroatoms. The van der Waals surface area contributed by atoms with Crippen LogP contribution in [0.4, 0.5) is 0 Å². The second-order valence-corrected chi connectivity index (χ2v) is 15.1. The van der Waals surface area contributed by atoms with Gasteiger partial charge in [0.1, 0.15) is 36.6 Å². The van der Waals surface area contributed by atoms with Gasteiger partial charge in [-0.2, -0.15) is 0 Å². The predicted molar refractivity (Wildman–Crippen MR) is 164 cm³/mol. The van der Waals surface area contributed by atoms with Gasteiger partial charge in [0.15, 0.2) is 5.76 Å². The van der Waals surface area contributed by atoms with Crippen molar-refractivity contribution in [2.24, 2.45) is 40.4 Å². The van der Waals surface area contributed by atoms with E-state index in [0.29, 0.717) is 5.57 Å². The van der Waals surface area contributed by atoms with E-state index in [0.717, 1.165) is 7.11 Å². The van der Waals surface area contributed by atoms with E-state index in [1.807, 2.05) is 13.8 Å². The number of hydrogen-bond donors (Lipinski definition) is 6. The summed E-state index contributed by atoms with van der Waals surface area (Å²) >= 11 is 0. The van der Waals surface area contributed by atoms with E-state index in [9.17, 15) is 49.8 Å². The van der Waals surface area contributed by atoms with Crippen LogP contribution in [-0.2, 0) is 47.6 Å². The molecule has 2 saturated carbocycles. The fraction of sp³-hybridized carbons (Fsp3) is 0.765. The van der Waals surface area contributed by atoms with Gasteiger partial charge in [-0.25, -0.2) is 14.4 Å². The summed E-state index contributed by atoms with van der Waals surface area (Å²) < 4.78 is 34.3. The molecule has 3 aliphatic heterocycles. The largest absolute Gasteiger partial charge is 0.467 e. The molecular formula is C34H46O16. The number of Topliss-reactive ketones (excluding diaryl/α,β-unsaturated/α-hetero) is 1. The number of allylic oxidation sites excluding steroid dienone is 3. The van der Waals surface area contributed by atoms with Crippen LogP contribution in [0, 0.1) is 40.4 Å². The van der Waals surface area contributed by atoms with Gasteiger partial charge in [0.2, 0.25) is 23.8 Å². The smallest absolute Gasteiger partial charge is 0.348 e. The summed E-state index contributed by atoms with van der Waals surface area (Å²) in [6, 6.07) is 0. The van der Waals surface area contributed by atoms with Gasteiger partial charge in [-0.05, 0) is 37.2 Å². The quantitative estimate of drug-likeness (QED) is 0.0976. The SMILES string of the molecule is COC(=O)[C@@]12OCC34C(C(O)C1O)[C@@]1(C)C(=O)C(O[C@@H]5O[C@H](CO)[C@@H](O)[C@H](O)[C@H]5O)=CC(C)C1C[C@H]3OC(=O)[C@H](OC(=O)/C=C(\C)C(C)C)[C@H]42. The van der Waals surface area contributed by atoms with Crippen molar-refractivity contribution in [3.05, 3.63) is 23.5 Å². The number of carbonyl (C=O) groups is 4. The van der Waals surface area contributed by atoms with Crippen molar-refractivity contribution in [3.8, 4) is 0 Å². The predicted octanol–water partition coefficient (Wildman–Crippen LogP) is -1.73. The first kappa shape index (κ1) is 36.8. The molecule has 1 spiro atoms. The zero-order chi connectivity index (χ0) is 36.8. The number of methoxy groups -OCH3 is 1. The Morgan fingerprint density at radius 1 is 1.06 bits per heavy atom. The van der Waals surface area contributed by atoms with E-state index in [-0.39, 0.29) is 18.1 Å². The molecule has 3 aliphatic carbocycles. The minimum atomic E-state index is -2.39. The topological polar surface area (TPSA) is 245 Å². The Bertz CT molecular complexity index is 1490. The van der Waals surface area contributed by atoms with Crippen molar-refractivity contribution in [1.82, 2.24) is 0 Å². The van der Waals surface area contributed by atoms with Crippen LogP contribution in [0.5, 0.6) is 0 Å². The normalized spacial score (nSPS) is 48.2. The highest BCUT2D eigenvalue weighted by atomic mass is 16.7. The van der Waals surface area contributed by atoms with Gasteiger partial charge >= 0.3 is 17.9 Å². The van der Waals surface area contributed by atoms with E-state index in [1.165, 1.54) is 12.2 Å². The molecule has 6 aliphatic rings. The number of ether oxygens (including phenoxy) is 6. The number of hydrogen-bond acceptors (Lipinski definition) is 16. The van der Waals surface area contributed by atoms with Crippen LogP contribution in [-0.4, -0.2) is 135 Å². The van der Waals surface area contributed by atoms with Crippen molar-refractivity contribution < 1.29 is 78.2 Å². The van der Waals surface area contributed by atoms with Crippen molar-refractivity contribution in [3.63, 3.8) is 0 Å². The summed E-state index contributed by atoms with van der Waals surface area (Å²) in [4.78, 5) is 55.4. The Balaban J connectivity index is 1.45. The minimum absolute atomic E-state index is 0.0391. The second kappa shape index (κ2) is 12.6. The molecule has 5 fully saturated rings. The fourth-order valence-electron chi connectivity index (χ4n) is 9.71. The number of aliphatic hydroxyl groups is 6. The maximum Gasteiger partial charge on any atom is 0.348 e. The van der Waals surface area contributed by atoms with Crippen molar-refractivity contribution in [2.75, 3.05) is 20.3 Å². The molecule has 6 unspecified atom stereocenters. The van der Waals surface area contributed by atoms with Crippen LogP contribution in [0.25, 0.3) is 0 Å². The number of ketones is 1. The Morgan fingerprint density at radius 2 is 1.74 bits per heavy atom. The lowest BCUT2D eigenvalue weighted by Crippen LogP contribution is -2.80. The van der Waals surface area contributed by atoms with E-state index in [2.05, 4.69) is 0 Å². The molecular weight excluding hydrogens is 664 g/mol. The first-order chi connectivity index (χ1) is 23.4. The van der Waals surface area contributed by atoms with Crippen molar-refractivity contribution in [1.29, 1.82) is 0 Å². The lowest BCUT2D eigenvalue weighted by atomic mass is 9.37. The second-order valence-electron chi connectivity index (χ2n) is 15.1. The minimum Gasteiger partial charge on any atom is -0.467 e. The average Bonchev–Trinajstić information content (AvgIpc) is 3.38. The van der Waals surface area contributed by atoms with Gasteiger partial charge in [-0.1, -0.05) is 33.3 Å². The maximum atomic E-state index is 14.8. The van der Waals surface area contributed by atoms with Gasteiger partial charge in [0.25, 0.3) is 0 Å². The van der Waals surface area contributed by atoms with Crippen molar-refractivity contribution >= 4 is 23.7 Å². The van der Waals surface area contributed by atoms with Gasteiger partial charge < -0.3 is 59.1 Å². The number of aliphatic hydroxyl groups excluding tert-OH is 6. The molecule has 0 aromatic rings. The standard InChI is InChI=1S/C34H46O16/c1-12(2)13(3)8-19(36)50-24-26-33-11-46-34(26,31(44)45-6)28(42)23(40)25(33)32(5)15(9-18(33)49-29(24)43)14(4)7-16(27(32)41)47-30-22(39)21(38)20(37)17(10-35)48-30/h7-8,12,14-15,17-18,20-26,28,30,35,37-40,42H,9-11H2,1-6H3/b13-8+/t14?,15?,17-,18-,20-,21+,22-,23?,24-,25?,26-,28?,30-,32+,33?,34+/m1/s1. The summed E-state index contributed by atoms with van der Waals surface area (Å²) in [6.07, 6.45) is -12.3. The molecule has 2 bridgehead atoms. The Hall–Kier alpha value is -2.96. The summed E-state index contributed by atoms with van der Waals surface area (Å²) in [5.41, 5.74) is -4.95. The van der Waals surface area contributed by atoms with E-state index in [1.54, 1.807) is 20.8 Å². The molecule has 50 heavy (non-hydrogen) atoms. The molecule has 3 heterocycles. The molecule has 0 aromatic carbocycles. The van der Waals surface area contributed by atoms with Crippen LogP contribution in [0.1, 0.15) is 41.0 Å². The molecule has 6 N–H and O–H groups in total. The third-order valence-electron chi connectivity index (χ3n) is 12.4. The van der Waals surface area contributed by atoms with Crippen LogP contribution in [0.3, 0.4) is 0 Å². The van der Waals surface area contributed by atoms with Gasteiger partial charge in [-0.3, -0.25) is 4.79 Å². The molecule has 16 nitrogen and oxygen atoms in total. The van der Waals surface area contributed by atoms with Gasteiger partial charge in [0, 0.05) is 22.8 Å². The molecule has 0 radical (unpaired) electrons. The molecule has 0 aromatic heterocycles. The number of rotatable bonds is 7. The lowest BCUT2D eigenvalue weighted by molar-refractivity contribution is -0.297. The van der Waals surface area contributed by atoms with Crippen LogP contribution >= 0.6 is 0 Å². The van der Waals surface area contributed by atoms with Crippen LogP contribution < -0.4 is 0 Å². The number of carbonyl (C=O) groups excluding carboxylic acids is 4. The molecule has 278 valence electrons. The monoisotopic (exact) mass is 710 g/mol. The van der Waals surface area contributed by atoms with E-state index in [4.69, 9.17) is 28.4 Å². The highest BCUT2D eigenvalue weighted by molar-refractivity contribution is 6.00. The Kier molecular flexibility index (Phi) is 9.29. The fourth-order valence-corrected chi connectivity index (χ4v) is 9.71. The third kappa shape index (κ3) is 4.86. The number of esters is 3. The highest BCUT2D eigenvalue weighted by Gasteiger charge is 2.86. The molecule has 3 saturated heterocycles. The number of fused-ring (bicyclic) bond motifs is 2. The zero-order valence-corrected chi connectivity index (χ0v) is 28.6. The van der Waals surface area contributed by atoms with Crippen LogP contribution in [0.15, 0.2) is 23.5 Å². The van der Waals surface area contributed by atoms with Gasteiger partial charge in [-0.15, -0.1) is 0 Å². The summed E-state index contributed by atoms with van der Waals surface area (Å²) in [7, 11) is 1.04. The average molecular weight is 711 g/mol. The Labute approximate surface area is 287 Å². The Morgan fingerprint density at radius 3 is 2.36 bits per heavy atom. The van der Waals surface area contributed by atoms with Crippen molar-refractivity contribution in [2.45, 2.75) is 102 Å². The van der Waals surface area contributed by atoms with Gasteiger partial charge in [0.05, 0.1) is 32.3 Å².